The summed E-state index contributed by atoms with van der Waals surface area (Å²) >= 11 is 0. The van der Waals surface area contributed by atoms with E-state index in [1.54, 1.807) is 11.6 Å². The van der Waals surface area contributed by atoms with Crippen molar-refractivity contribution in [1.29, 1.82) is 0 Å². The van der Waals surface area contributed by atoms with Crippen molar-refractivity contribution in [2.24, 2.45) is 7.05 Å². The van der Waals surface area contributed by atoms with Crippen molar-refractivity contribution in [3.63, 3.8) is 0 Å². The summed E-state index contributed by atoms with van der Waals surface area (Å²) in [5.41, 5.74) is -0.534. The number of nitrogens with zero attached hydrogens (tertiary/aromatic N) is 3. The van der Waals surface area contributed by atoms with Gasteiger partial charge in [0.1, 0.15) is 0 Å². The van der Waals surface area contributed by atoms with Gasteiger partial charge in [-0.25, -0.2) is 4.79 Å². The molecular formula is C16H27N5O4. The van der Waals surface area contributed by atoms with Crippen LogP contribution in [0.2, 0.25) is 0 Å². The molecule has 9 heteroatoms. The average Bonchev–Trinajstić information content (AvgIpc) is 2.89. The number of ether oxygens (including phenoxy) is 1. The van der Waals surface area contributed by atoms with E-state index in [0.29, 0.717) is 5.95 Å². The van der Waals surface area contributed by atoms with Crippen LogP contribution in [0, 0.1) is 0 Å². The van der Waals surface area contributed by atoms with Crippen LogP contribution in [-0.2, 0) is 18.3 Å². The van der Waals surface area contributed by atoms with E-state index >= 15 is 0 Å². The molecule has 0 aliphatic carbocycles. The number of nitrogens with one attached hydrogen (secondary N) is 2. The van der Waals surface area contributed by atoms with Crippen LogP contribution in [0.4, 0.5) is 5.95 Å². The number of H-pyrrole nitrogens is 1. The summed E-state index contributed by atoms with van der Waals surface area (Å²) in [5.74, 6) is 0.444. The van der Waals surface area contributed by atoms with E-state index in [9.17, 15) is 14.7 Å². The van der Waals surface area contributed by atoms with Crippen molar-refractivity contribution in [3.8, 4) is 0 Å². The molecule has 2 atom stereocenters. The Morgan fingerprint density at radius 1 is 1.32 bits per heavy atom. The SMILES string of the molecule is CC[C@H](C)Nc1nc2c(c(=O)[nH]c(=O)n2C)n1C[C@H](O)COC(C)C. The van der Waals surface area contributed by atoms with Crippen LogP contribution in [-0.4, -0.2) is 49.1 Å². The minimum absolute atomic E-state index is 0.00360. The Morgan fingerprint density at radius 3 is 2.60 bits per heavy atom. The zero-order chi connectivity index (χ0) is 18.7. The van der Waals surface area contributed by atoms with Crippen molar-refractivity contribution >= 4 is 17.1 Å². The van der Waals surface area contributed by atoms with Gasteiger partial charge in [-0.1, -0.05) is 6.92 Å². The second-order valence-corrected chi connectivity index (χ2v) is 6.53. The largest absolute Gasteiger partial charge is 0.389 e. The zero-order valence-corrected chi connectivity index (χ0v) is 15.4. The fourth-order valence-electron chi connectivity index (χ4n) is 2.41. The van der Waals surface area contributed by atoms with Crippen LogP contribution in [0.3, 0.4) is 0 Å². The summed E-state index contributed by atoms with van der Waals surface area (Å²) in [6.07, 6.45) is 0.0439. The smallest absolute Gasteiger partial charge is 0.329 e. The van der Waals surface area contributed by atoms with Crippen molar-refractivity contribution in [2.75, 3.05) is 11.9 Å². The Bertz CT molecular complexity index is 835. The summed E-state index contributed by atoms with van der Waals surface area (Å²) in [5, 5.41) is 13.5. The Morgan fingerprint density at radius 2 is 2.00 bits per heavy atom. The summed E-state index contributed by atoms with van der Waals surface area (Å²) in [6, 6.07) is 0.121. The lowest BCUT2D eigenvalue weighted by atomic mass is 10.3. The quantitative estimate of drug-likeness (QED) is 0.634. The van der Waals surface area contributed by atoms with Crippen molar-refractivity contribution < 1.29 is 9.84 Å². The number of aromatic nitrogens is 4. The first-order chi connectivity index (χ1) is 11.7. The van der Waals surface area contributed by atoms with Gasteiger partial charge >= 0.3 is 5.69 Å². The van der Waals surface area contributed by atoms with Gasteiger partial charge in [0.25, 0.3) is 5.56 Å². The number of aliphatic hydroxyl groups is 1. The van der Waals surface area contributed by atoms with E-state index in [0.717, 1.165) is 6.42 Å². The number of aromatic amines is 1. The lowest BCUT2D eigenvalue weighted by molar-refractivity contribution is -0.000114. The van der Waals surface area contributed by atoms with Crippen LogP contribution in [0.15, 0.2) is 9.59 Å². The molecule has 0 saturated carbocycles. The molecule has 0 fully saturated rings. The number of anilines is 1. The molecule has 0 saturated heterocycles. The Balaban J connectivity index is 2.50. The predicted molar refractivity (Wildman–Crippen MR) is 96.1 cm³/mol. The van der Waals surface area contributed by atoms with E-state index in [1.807, 2.05) is 27.7 Å². The van der Waals surface area contributed by atoms with E-state index in [4.69, 9.17) is 4.74 Å². The van der Waals surface area contributed by atoms with E-state index < -0.39 is 17.4 Å². The second kappa shape index (κ2) is 7.83. The number of fused-ring (bicyclic) bond motifs is 1. The van der Waals surface area contributed by atoms with Crippen LogP contribution < -0.4 is 16.6 Å². The Kier molecular flexibility index (Phi) is 6.02. The molecule has 0 aromatic carbocycles. The van der Waals surface area contributed by atoms with Gasteiger partial charge in [-0.3, -0.25) is 14.3 Å². The summed E-state index contributed by atoms with van der Waals surface area (Å²) < 4.78 is 8.32. The fraction of sp³-hybridized carbons (Fsp3) is 0.688. The highest BCUT2D eigenvalue weighted by Crippen LogP contribution is 2.17. The molecule has 140 valence electrons. The lowest BCUT2D eigenvalue weighted by Crippen LogP contribution is -2.31. The van der Waals surface area contributed by atoms with Gasteiger partial charge in [0.2, 0.25) is 5.95 Å². The molecule has 0 aliphatic rings. The van der Waals surface area contributed by atoms with E-state index in [2.05, 4.69) is 15.3 Å². The van der Waals surface area contributed by atoms with Gasteiger partial charge in [0.05, 0.1) is 25.4 Å². The zero-order valence-electron chi connectivity index (χ0n) is 15.4. The second-order valence-electron chi connectivity index (χ2n) is 6.53. The summed E-state index contributed by atoms with van der Waals surface area (Å²) in [4.78, 5) is 30.8. The van der Waals surface area contributed by atoms with Gasteiger partial charge < -0.3 is 19.7 Å². The first-order valence-corrected chi connectivity index (χ1v) is 8.50. The maximum absolute atomic E-state index is 12.3. The first-order valence-electron chi connectivity index (χ1n) is 8.50. The highest BCUT2D eigenvalue weighted by Gasteiger charge is 2.20. The van der Waals surface area contributed by atoms with Gasteiger partial charge in [0, 0.05) is 13.1 Å². The van der Waals surface area contributed by atoms with Crippen LogP contribution in [0.5, 0.6) is 0 Å². The first kappa shape index (κ1) is 19.2. The number of rotatable bonds is 8. The third kappa shape index (κ3) is 4.29. The Hall–Kier alpha value is -2.13. The molecule has 25 heavy (non-hydrogen) atoms. The number of hydrogen-bond acceptors (Lipinski definition) is 6. The average molecular weight is 353 g/mol. The molecule has 9 nitrogen and oxygen atoms in total. The van der Waals surface area contributed by atoms with Crippen LogP contribution in [0.25, 0.3) is 11.2 Å². The topological polar surface area (TPSA) is 114 Å². The number of aryl methyl sites for hydroxylation is 1. The van der Waals surface area contributed by atoms with Crippen LogP contribution >= 0.6 is 0 Å². The maximum atomic E-state index is 12.3. The normalized spacial score (nSPS) is 14.2. The molecule has 0 spiro atoms. The summed E-state index contributed by atoms with van der Waals surface area (Å²) in [7, 11) is 1.54. The molecule has 2 aromatic heterocycles. The van der Waals surface area contributed by atoms with Crippen molar-refractivity contribution in [1.82, 2.24) is 19.1 Å². The third-order valence-electron chi connectivity index (χ3n) is 4.01. The molecule has 0 unspecified atom stereocenters. The monoisotopic (exact) mass is 353 g/mol. The lowest BCUT2D eigenvalue weighted by Gasteiger charge is -2.18. The number of imidazole rings is 1. The highest BCUT2D eigenvalue weighted by atomic mass is 16.5. The highest BCUT2D eigenvalue weighted by molar-refractivity contribution is 5.74. The molecule has 3 N–H and O–H groups in total. The summed E-state index contributed by atoms with van der Waals surface area (Å²) in [6.45, 7) is 8.06. The van der Waals surface area contributed by atoms with Gasteiger partial charge in [-0.2, -0.15) is 4.98 Å². The van der Waals surface area contributed by atoms with Gasteiger partial charge in [-0.05, 0) is 27.2 Å². The molecule has 2 heterocycles. The van der Waals surface area contributed by atoms with Crippen molar-refractivity contribution in [2.45, 2.75) is 58.9 Å². The molecular weight excluding hydrogens is 326 g/mol. The fourth-order valence-corrected chi connectivity index (χ4v) is 2.41. The minimum Gasteiger partial charge on any atom is -0.389 e. The Labute approximate surface area is 145 Å². The number of aliphatic hydroxyl groups excluding tert-OH is 1. The molecule has 0 amide bonds. The van der Waals surface area contributed by atoms with Crippen molar-refractivity contribution in [3.05, 3.63) is 20.8 Å². The molecule has 2 aromatic rings. The van der Waals surface area contributed by atoms with Gasteiger partial charge in [-0.15, -0.1) is 0 Å². The molecule has 2 rings (SSSR count). The molecule has 0 aliphatic heterocycles. The third-order valence-corrected chi connectivity index (χ3v) is 4.01. The van der Waals surface area contributed by atoms with E-state index in [-0.39, 0.29) is 36.5 Å². The standard InChI is InChI=1S/C16H27N5O4/c1-6-10(4)17-15-18-13-12(14(23)19-16(24)20(13)5)21(15)7-11(22)8-25-9(2)3/h9-11,22H,6-8H2,1-5H3,(H,17,18)(H,19,23,24)/t10-,11-/m0/s1. The maximum Gasteiger partial charge on any atom is 0.329 e. The number of hydrogen-bond donors (Lipinski definition) is 3. The molecule has 0 radical (unpaired) electrons. The predicted octanol–water partition coefficient (Wildman–Crippen LogP) is 0.420. The van der Waals surface area contributed by atoms with Gasteiger partial charge in [0.15, 0.2) is 11.2 Å². The van der Waals surface area contributed by atoms with Crippen LogP contribution in [0.1, 0.15) is 34.1 Å². The van der Waals surface area contributed by atoms with E-state index in [1.165, 1.54) is 4.57 Å². The molecule has 0 bridgehead atoms. The minimum atomic E-state index is -0.811.